The highest BCUT2D eigenvalue weighted by Gasteiger charge is 2.05. The van der Waals surface area contributed by atoms with E-state index in [4.69, 9.17) is 9.84 Å². The molecular weight excluding hydrogens is 290 g/mol. The topological polar surface area (TPSA) is 68.1 Å². The number of ether oxygens (including phenoxy) is 1. The quantitative estimate of drug-likeness (QED) is 0.709. The number of hydrogen-bond donors (Lipinski definition) is 1. The highest BCUT2D eigenvalue weighted by atomic mass is 16.5. The van der Waals surface area contributed by atoms with Gasteiger partial charge in [0.2, 0.25) is 0 Å². The van der Waals surface area contributed by atoms with E-state index in [1.54, 1.807) is 12.4 Å². The Balaban J connectivity index is 1.79. The second-order valence-corrected chi connectivity index (χ2v) is 4.95. The normalized spacial score (nSPS) is 10.7. The van der Waals surface area contributed by atoms with Gasteiger partial charge in [0.15, 0.2) is 0 Å². The molecule has 0 fully saturated rings. The first kappa shape index (κ1) is 15.3. The lowest BCUT2D eigenvalue weighted by atomic mass is 10.2. The predicted molar refractivity (Wildman–Crippen MR) is 87.4 cm³/mol. The first-order valence-electron chi connectivity index (χ1n) is 7.39. The Bertz CT molecular complexity index is 746. The standard InChI is InChI=1S/C18H17N3O2/c22-10-11-23-13-14-7-8-16(20-12-14)18-6-3-5-17(21-18)15-4-1-2-9-19-15/h1-9,12,22H,10-11,13H2. The second kappa shape index (κ2) is 7.58. The summed E-state index contributed by atoms with van der Waals surface area (Å²) in [5, 5.41) is 8.70. The monoisotopic (exact) mass is 307 g/mol. The number of pyridine rings is 3. The molecule has 0 unspecified atom stereocenters. The van der Waals surface area contributed by atoms with Gasteiger partial charge in [0, 0.05) is 12.4 Å². The third-order valence-electron chi connectivity index (χ3n) is 3.27. The summed E-state index contributed by atoms with van der Waals surface area (Å²) in [5.74, 6) is 0. The van der Waals surface area contributed by atoms with E-state index >= 15 is 0 Å². The maximum absolute atomic E-state index is 8.70. The van der Waals surface area contributed by atoms with E-state index in [9.17, 15) is 0 Å². The number of rotatable bonds is 6. The minimum Gasteiger partial charge on any atom is -0.394 e. The molecule has 116 valence electrons. The van der Waals surface area contributed by atoms with Gasteiger partial charge in [0.25, 0.3) is 0 Å². The van der Waals surface area contributed by atoms with E-state index in [2.05, 4.69) is 15.0 Å². The summed E-state index contributed by atoms with van der Waals surface area (Å²) in [5.41, 5.74) is 4.22. The van der Waals surface area contributed by atoms with Gasteiger partial charge in [0.1, 0.15) is 0 Å². The summed E-state index contributed by atoms with van der Waals surface area (Å²) in [6.45, 7) is 0.792. The van der Waals surface area contributed by atoms with E-state index in [1.165, 1.54) is 0 Å². The molecule has 3 heterocycles. The maximum atomic E-state index is 8.70. The van der Waals surface area contributed by atoms with Crippen molar-refractivity contribution in [1.29, 1.82) is 0 Å². The number of nitrogens with zero attached hydrogens (tertiary/aromatic N) is 3. The van der Waals surface area contributed by atoms with E-state index < -0.39 is 0 Å². The van der Waals surface area contributed by atoms with Crippen molar-refractivity contribution in [1.82, 2.24) is 15.0 Å². The van der Waals surface area contributed by atoms with Crippen molar-refractivity contribution in [2.75, 3.05) is 13.2 Å². The molecule has 0 spiro atoms. The summed E-state index contributed by atoms with van der Waals surface area (Å²) in [6.07, 6.45) is 3.52. The first-order chi connectivity index (χ1) is 11.4. The highest BCUT2D eigenvalue weighted by Crippen LogP contribution is 2.20. The molecule has 3 aromatic rings. The van der Waals surface area contributed by atoms with Crippen LogP contribution in [0.1, 0.15) is 5.56 Å². The molecule has 0 saturated carbocycles. The number of aromatic nitrogens is 3. The molecule has 3 aromatic heterocycles. The minimum absolute atomic E-state index is 0.0236. The molecule has 0 atom stereocenters. The van der Waals surface area contributed by atoms with Gasteiger partial charge < -0.3 is 9.84 Å². The van der Waals surface area contributed by atoms with Crippen LogP contribution in [0.3, 0.4) is 0 Å². The van der Waals surface area contributed by atoms with Crippen LogP contribution in [0.4, 0.5) is 0 Å². The largest absolute Gasteiger partial charge is 0.394 e. The fourth-order valence-electron chi connectivity index (χ4n) is 2.15. The van der Waals surface area contributed by atoms with Gasteiger partial charge in [-0.05, 0) is 35.9 Å². The van der Waals surface area contributed by atoms with Crippen LogP contribution in [0.15, 0.2) is 60.9 Å². The lowest BCUT2D eigenvalue weighted by Gasteiger charge is -2.06. The molecule has 5 heteroatoms. The van der Waals surface area contributed by atoms with Crippen LogP contribution < -0.4 is 0 Å². The van der Waals surface area contributed by atoms with Crippen molar-refractivity contribution in [3.8, 4) is 22.8 Å². The molecule has 1 N–H and O–H groups in total. The molecular formula is C18H17N3O2. The average molecular weight is 307 g/mol. The van der Waals surface area contributed by atoms with Crippen LogP contribution in [0.5, 0.6) is 0 Å². The van der Waals surface area contributed by atoms with Crippen LogP contribution >= 0.6 is 0 Å². The first-order valence-corrected chi connectivity index (χ1v) is 7.39. The van der Waals surface area contributed by atoms with Crippen molar-refractivity contribution in [3.05, 3.63) is 66.5 Å². The Morgan fingerprint density at radius 2 is 1.61 bits per heavy atom. The summed E-state index contributed by atoms with van der Waals surface area (Å²) >= 11 is 0. The van der Waals surface area contributed by atoms with Crippen LogP contribution in [-0.4, -0.2) is 33.3 Å². The van der Waals surface area contributed by atoms with Crippen molar-refractivity contribution >= 4 is 0 Å². The van der Waals surface area contributed by atoms with Gasteiger partial charge in [-0.25, -0.2) is 4.98 Å². The zero-order valence-corrected chi connectivity index (χ0v) is 12.6. The molecule has 3 rings (SSSR count). The van der Waals surface area contributed by atoms with Crippen LogP contribution in [0.2, 0.25) is 0 Å². The predicted octanol–water partition coefficient (Wildman–Crippen LogP) is 2.71. The number of hydrogen-bond acceptors (Lipinski definition) is 5. The smallest absolute Gasteiger partial charge is 0.0894 e. The number of aliphatic hydroxyl groups excluding tert-OH is 1. The van der Waals surface area contributed by atoms with Gasteiger partial charge in [-0.1, -0.05) is 18.2 Å². The molecule has 0 saturated heterocycles. The third-order valence-corrected chi connectivity index (χ3v) is 3.27. The lowest BCUT2D eigenvalue weighted by Crippen LogP contribution is -2.00. The van der Waals surface area contributed by atoms with E-state index in [0.717, 1.165) is 28.3 Å². The average Bonchev–Trinajstić information content (AvgIpc) is 2.63. The highest BCUT2D eigenvalue weighted by molar-refractivity contribution is 5.61. The molecule has 0 aromatic carbocycles. The Labute approximate surface area is 134 Å². The Hall–Kier alpha value is -2.63. The van der Waals surface area contributed by atoms with E-state index in [0.29, 0.717) is 13.2 Å². The van der Waals surface area contributed by atoms with Crippen molar-refractivity contribution in [2.24, 2.45) is 0 Å². The lowest BCUT2D eigenvalue weighted by molar-refractivity contribution is 0.0814. The fourth-order valence-corrected chi connectivity index (χ4v) is 2.15. The van der Waals surface area contributed by atoms with Crippen LogP contribution in [0, 0.1) is 0 Å². The zero-order chi connectivity index (χ0) is 15.9. The number of aliphatic hydroxyl groups is 1. The molecule has 0 aliphatic heterocycles. The van der Waals surface area contributed by atoms with Gasteiger partial charge in [-0.2, -0.15) is 0 Å². The molecule has 5 nitrogen and oxygen atoms in total. The molecule has 0 amide bonds. The molecule has 0 aliphatic rings. The van der Waals surface area contributed by atoms with E-state index in [1.807, 2.05) is 48.5 Å². The molecule has 0 bridgehead atoms. The summed E-state index contributed by atoms with van der Waals surface area (Å²) < 4.78 is 5.28. The van der Waals surface area contributed by atoms with Crippen molar-refractivity contribution in [3.63, 3.8) is 0 Å². The van der Waals surface area contributed by atoms with E-state index in [-0.39, 0.29) is 6.61 Å². The third kappa shape index (κ3) is 3.97. The Morgan fingerprint density at radius 3 is 2.26 bits per heavy atom. The van der Waals surface area contributed by atoms with Crippen LogP contribution in [-0.2, 0) is 11.3 Å². The summed E-state index contributed by atoms with van der Waals surface area (Å²) in [6, 6.07) is 15.4. The molecule has 0 aliphatic carbocycles. The summed E-state index contributed by atoms with van der Waals surface area (Å²) in [4.78, 5) is 13.4. The summed E-state index contributed by atoms with van der Waals surface area (Å²) in [7, 11) is 0. The fraction of sp³-hybridized carbons (Fsp3) is 0.167. The second-order valence-electron chi connectivity index (χ2n) is 4.95. The Morgan fingerprint density at radius 1 is 0.826 bits per heavy atom. The van der Waals surface area contributed by atoms with Gasteiger partial charge in [-0.3, -0.25) is 9.97 Å². The SMILES string of the molecule is OCCOCc1ccc(-c2cccc(-c3ccccn3)n2)nc1. The molecule has 0 radical (unpaired) electrons. The van der Waals surface area contributed by atoms with Crippen molar-refractivity contribution in [2.45, 2.75) is 6.61 Å². The van der Waals surface area contributed by atoms with Crippen LogP contribution in [0.25, 0.3) is 22.8 Å². The maximum Gasteiger partial charge on any atom is 0.0894 e. The minimum atomic E-state index is 0.0236. The molecule has 23 heavy (non-hydrogen) atoms. The van der Waals surface area contributed by atoms with Gasteiger partial charge in [0.05, 0.1) is 42.6 Å². The van der Waals surface area contributed by atoms with Gasteiger partial charge in [-0.15, -0.1) is 0 Å². The zero-order valence-electron chi connectivity index (χ0n) is 12.6. The van der Waals surface area contributed by atoms with Gasteiger partial charge >= 0.3 is 0 Å². The van der Waals surface area contributed by atoms with Crippen molar-refractivity contribution < 1.29 is 9.84 Å². The Kier molecular flexibility index (Phi) is 5.03.